The lowest BCUT2D eigenvalue weighted by Crippen LogP contribution is -2.00. The Morgan fingerprint density at radius 1 is 1.33 bits per heavy atom. The van der Waals surface area contributed by atoms with E-state index in [4.69, 9.17) is 4.74 Å². The van der Waals surface area contributed by atoms with Gasteiger partial charge in [-0.2, -0.15) is 0 Å². The first-order valence-electron chi connectivity index (χ1n) is 6.29. The molecule has 0 saturated heterocycles. The molecule has 0 aliphatic heterocycles. The molecule has 110 valence electrons. The Morgan fingerprint density at radius 2 is 2.05 bits per heavy atom. The van der Waals surface area contributed by atoms with Gasteiger partial charge in [-0.15, -0.1) is 0 Å². The van der Waals surface area contributed by atoms with Crippen LogP contribution in [-0.2, 0) is 0 Å². The van der Waals surface area contributed by atoms with Crippen molar-refractivity contribution in [2.45, 2.75) is 20.0 Å². The monoisotopic (exact) mass is 291 g/mol. The zero-order valence-corrected chi connectivity index (χ0v) is 11.5. The van der Waals surface area contributed by atoms with Gasteiger partial charge < -0.3 is 9.84 Å². The summed E-state index contributed by atoms with van der Waals surface area (Å²) < 4.78 is 19.3. The number of benzene rings is 2. The quantitative estimate of drug-likeness (QED) is 0.685. The number of nitro groups is 1. The Hall–Kier alpha value is -2.47. The summed E-state index contributed by atoms with van der Waals surface area (Å²) in [5, 5.41) is 20.7. The molecule has 0 radical (unpaired) electrons. The molecule has 0 amide bonds. The van der Waals surface area contributed by atoms with Crippen molar-refractivity contribution >= 4 is 5.69 Å². The number of halogens is 1. The fourth-order valence-electron chi connectivity index (χ4n) is 1.93. The molecule has 21 heavy (non-hydrogen) atoms. The first-order valence-corrected chi connectivity index (χ1v) is 6.29. The lowest BCUT2D eigenvalue weighted by Gasteiger charge is -2.14. The summed E-state index contributed by atoms with van der Waals surface area (Å²) in [7, 11) is 0. The molecule has 0 spiro atoms. The van der Waals surface area contributed by atoms with Crippen molar-refractivity contribution < 1.29 is 19.2 Å². The second-order valence-electron chi connectivity index (χ2n) is 4.66. The highest BCUT2D eigenvalue weighted by molar-refractivity contribution is 5.51. The fourth-order valence-corrected chi connectivity index (χ4v) is 1.93. The summed E-state index contributed by atoms with van der Waals surface area (Å²) in [6.07, 6.45) is -0.959. The van der Waals surface area contributed by atoms with Crippen LogP contribution in [0.25, 0.3) is 0 Å². The molecular formula is C15H14FNO4. The molecule has 1 unspecified atom stereocenters. The number of aliphatic hydroxyl groups excluding tert-OH is 1. The average molecular weight is 291 g/mol. The van der Waals surface area contributed by atoms with Gasteiger partial charge in [-0.1, -0.05) is 18.2 Å². The van der Waals surface area contributed by atoms with E-state index in [2.05, 4.69) is 0 Å². The summed E-state index contributed by atoms with van der Waals surface area (Å²) in [6.45, 7) is 3.21. The van der Waals surface area contributed by atoms with Crippen molar-refractivity contribution in [3.8, 4) is 11.5 Å². The summed E-state index contributed by atoms with van der Waals surface area (Å²) >= 11 is 0. The number of hydrogen-bond acceptors (Lipinski definition) is 4. The largest absolute Gasteiger partial charge is 0.447 e. The van der Waals surface area contributed by atoms with Crippen LogP contribution in [0.3, 0.4) is 0 Å². The summed E-state index contributed by atoms with van der Waals surface area (Å²) in [5.41, 5.74) is 0.705. The van der Waals surface area contributed by atoms with E-state index in [9.17, 15) is 19.6 Å². The maximum Gasteiger partial charge on any atom is 0.311 e. The van der Waals surface area contributed by atoms with Crippen LogP contribution in [0.4, 0.5) is 10.1 Å². The van der Waals surface area contributed by atoms with Gasteiger partial charge >= 0.3 is 5.69 Å². The third kappa shape index (κ3) is 3.17. The van der Waals surface area contributed by atoms with Crippen LogP contribution in [0, 0.1) is 22.9 Å². The second-order valence-corrected chi connectivity index (χ2v) is 4.66. The van der Waals surface area contributed by atoms with Crippen molar-refractivity contribution in [2.24, 2.45) is 0 Å². The Kier molecular flexibility index (Phi) is 4.18. The third-order valence-corrected chi connectivity index (χ3v) is 2.97. The number of ether oxygens (including phenoxy) is 1. The molecule has 0 aliphatic carbocycles. The van der Waals surface area contributed by atoms with E-state index >= 15 is 0 Å². The highest BCUT2D eigenvalue weighted by atomic mass is 19.1. The van der Waals surface area contributed by atoms with Crippen molar-refractivity contribution in [1.29, 1.82) is 0 Å². The number of aryl methyl sites for hydroxylation is 1. The number of aliphatic hydroxyl groups is 1. The molecule has 0 heterocycles. The summed E-state index contributed by atoms with van der Waals surface area (Å²) in [6, 6.07) is 8.44. The van der Waals surface area contributed by atoms with Gasteiger partial charge in [0.15, 0.2) is 11.6 Å². The highest BCUT2D eigenvalue weighted by Gasteiger charge is 2.20. The van der Waals surface area contributed by atoms with Gasteiger partial charge in [0.05, 0.1) is 11.0 Å². The van der Waals surface area contributed by atoms with Crippen molar-refractivity contribution in [3.63, 3.8) is 0 Å². The first-order chi connectivity index (χ1) is 9.90. The minimum atomic E-state index is -0.959. The Labute approximate surface area is 120 Å². The number of nitro benzene ring substituents is 1. The molecule has 2 aromatic carbocycles. The molecule has 0 fully saturated rings. The van der Waals surface area contributed by atoms with Crippen molar-refractivity contribution in [1.82, 2.24) is 0 Å². The topological polar surface area (TPSA) is 72.6 Å². The van der Waals surface area contributed by atoms with Gasteiger partial charge in [0, 0.05) is 11.6 Å². The van der Waals surface area contributed by atoms with Gasteiger partial charge in [-0.05, 0) is 31.5 Å². The van der Waals surface area contributed by atoms with Crippen LogP contribution < -0.4 is 4.74 Å². The normalized spacial score (nSPS) is 12.0. The molecule has 2 aromatic rings. The molecule has 0 bridgehead atoms. The molecule has 6 heteroatoms. The molecule has 1 N–H and O–H groups in total. The zero-order valence-electron chi connectivity index (χ0n) is 11.5. The van der Waals surface area contributed by atoms with Gasteiger partial charge in [0.2, 0.25) is 5.75 Å². The smallest absolute Gasteiger partial charge is 0.311 e. The maximum atomic E-state index is 13.9. The van der Waals surface area contributed by atoms with E-state index in [0.717, 1.165) is 5.56 Å². The van der Waals surface area contributed by atoms with Crippen molar-refractivity contribution in [2.75, 3.05) is 0 Å². The van der Waals surface area contributed by atoms with Crippen LogP contribution in [0.5, 0.6) is 11.5 Å². The molecule has 0 saturated carbocycles. The molecule has 1 atom stereocenters. The Balaban J connectivity index is 2.53. The maximum absolute atomic E-state index is 13.9. The van der Waals surface area contributed by atoms with Gasteiger partial charge in [-0.3, -0.25) is 10.1 Å². The molecular weight excluding hydrogens is 277 g/mol. The minimum Gasteiger partial charge on any atom is -0.447 e. The minimum absolute atomic E-state index is 0.0630. The molecule has 5 nitrogen and oxygen atoms in total. The predicted octanol–water partition coefficient (Wildman–Crippen LogP) is 3.89. The summed E-state index contributed by atoms with van der Waals surface area (Å²) in [4.78, 5) is 10.4. The number of rotatable bonds is 4. The van der Waals surface area contributed by atoms with Crippen LogP contribution in [0.1, 0.15) is 24.2 Å². The third-order valence-electron chi connectivity index (χ3n) is 2.97. The first kappa shape index (κ1) is 14.9. The molecule has 0 aliphatic rings. The number of para-hydroxylation sites is 1. The lowest BCUT2D eigenvalue weighted by molar-refractivity contribution is -0.385. The molecule has 0 aromatic heterocycles. The SMILES string of the molecule is Cc1ccc([N+](=O)[O-])c(Oc2c(F)cccc2C(C)O)c1. The van der Waals surface area contributed by atoms with E-state index in [0.29, 0.717) is 0 Å². The van der Waals surface area contributed by atoms with Crippen molar-refractivity contribution in [3.05, 3.63) is 63.5 Å². The Morgan fingerprint density at radius 3 is 2.67 bits per heavy atom. The zero-order chi connectivity index (χ0) is 15.6. The lowest BCUT2D eigenvalue weighted by atomic mass is 10.1. The fraction of sp³-hybridized carbons (Fsp3) is 0.200. The van der Waals surface area contributed by atoms with Gasteiger partial charge in [0.1, 0.15) is 0 Å². The predicted molar refractivity (Wildman–Crippen MR) is 74.9 cm³/mol. The van der Waals surface area contributed by atoms with Gasteiger partial charge in [-0.25, -0.2) is 4.39 Å². The van der Waals surface area contributed by atoms with E-state index in [-0.39, 0.29) is 22.7 Å². The molecule has 2 rings (SSSR count). The van der Waals surface area contributed by atoms with Crippen LogP contribution in [-0.4, -0.2) is 10.0 Å². The van der Waals surface area contributed by atoms with E-state index in [1.807, 2.05) is 0 Å². The second kappa shape index (κ2) is 5.88. The van der Waals surface area contributed by atoms with Crippen LogP contribution in [0.2, 0.25) is 0 Å². The average Bonchev–Trinajstić information content (AvgIpc) is 2.40. The van der Waals surface area contributed by atoms with Crippen LogP contribution >= 0.6 is 0 Å². The Bertz CT molecular complexity index is 685. The van der Waals surface area contributed by atoms with E-state index in [1.165, 1.54) is 37.3 Å². The standard InChI is InChI=1S/C15H14FNO4/c1-9-6-7-13(17(19)20)14(8-9)21-15-11(10(2)18)4-3-5-12(15)16/h3-8,10,18H,1-2H3. The summed E-state index contributed by atoms with van der Waals surface area (Å²) in [5.74, 6) is -0.961. The highest BCUT2D eigenvalue weighted by Crippen LogP contribution is 2.36. The van der Waals surface area contributed by atoms with Crippen LogP contribution in [0.15, 0.2) is 36.4 Å². The van der Waals surface area contributed by atoms with Gasteiger partial charge in [0.25, 0.3) is 0 Å². The van der Waals surface area contributed by atoms with E-state index < -0.39 is 16.8 Å². The number of nitrogens with zero attached hydrogens (tertiary/aromatic N) is 1. The number of hydrogen-bond donors (Lipinski definition) is 1. The van der Waals surface area contributed by atoms with E-state index in [1.54, 1.807) is 13.0 Å².